The minimum Gasteiger partial charge on any atom is -0.406 e. The predicted octanol–water partition coefficient (Wildman–Crippen LogP) is 6.92. The molecule has 4 rings (SSSR count). The van der Waals surface area contributed by atoms with Gasteiger partial charge in [0.15, 0.2) is 5.82 Å². The van der Waals surface area contributed by atoms with Gasteiger partial charge in [-0.15, -0.1) is 13.2 Å². The molecule has 39 heavy (non-hydrogen) atoms. The first kappa shape index (κ1) is 27.2. The van der Waals surface area contributed by atoms with E-state index in [4.69, 9.17) is 0 Å². The lowest BCUT2D eigenvalue weighted by atomic mass is 10.2. The summed E-state index contributed by atoms with van der Waals surface area (Å²) in [6.45, 7) is 0. The van der Waals surface area contributed by atoms with Crippen LogP contribution in [0.25, 0.3) is 11.4 Å². The minimum atomic E-state index is -4.86. The normalized spacial score (nSPS) is 12.0. The fourth-order valence-electron chi connectivity index (χ4n) is 3.13. The van der Waals surface area contributed by atoms with E-state index in [0.717, 1.165) is 48.5 Å². The van der Waals surface area contributed by atoms with Gasteiger partial charge in [-0.3, -0.25) is 0 Å². The molecule has 0 aliphatic carbocycles. The molecule has 7 nitrogen and oxygen atoms in total. The Balaban J connectivity index is 1.63. The Morgan fingerprint density at radius 3 is 2.05 bits per heavy atom. The molecular weight excluding hydrogens is 540 g/mol. The van der Waals surface area contributed by atoms with Crippen molar-refractivity contribution < 1.29 is 39.9 Å². The maximum absolute atomic E-state index is 14.4. The SMILES string of the molecule is Fc1cccc(F)c1-c1nc(N/N=C/c2ccc(OC(F)(F)F)cc2)nc(Nc2cccc(C(F)(F)F)c2)n1. The van der Waals surface area contributed by atoms with Crippen LogP contribution in [0.5, 0.6) is 5.75 Å². The van der Waals surface area contributed by atoms with Gasteiger partial charge in [0.25, 0.3) is 0 Å². The van der Waals surface area contributed by atoms with Gasteiger partial charge in [-0.25, -0.2) is 14.2 Å². The Morgan fingerprint density at radius 1 is 0.769 bits per heavy atom. The van der Waals surface area contributed by atoms with Crippen LogP contribution in [0, 0.1) is 11.6 Å². The molecule has 0 saturated heterocycles. The first-order valence-electron chi connectivity index (χ1n) is 10.7. The monoisotopic (exact) mass is 554 g/mol. The number of halogens is 8. The first-order chi connectivity index (χ1) is 18.4. The lowest BCUT2D eigenvalue weighted by Crippen LogP contribution is -2.17. The molecule has 0 spiro atoms. The second kappa shape index (κ2) is 10.9. The van der Waals surface area contributed by atoms with Crippen molar-refractivity contribution in [2.45, 2.75) is 12.5 Å². The molecule has 0 unspecified atom stereocenters. The number of aromatic nitrogens is 3. The van der Waals surface area contributed by atoms with Gasteiger partial charge in [0.1, 0.15) is 17.4 Å². The Hall–Kier alpha value is -4.82. The van der Waals surface area contributed by atoms with Crippen molar-refractivity contribution >= 4 is 23.8 Å². The van der Waals surface area contributed by atoms with E-state index in [1.165, 1.54) is 24.4 Å². The average molecular weight is 554 g/mol. The number of rotatable bonds is 7. The quantitative estimate of drug-likeness (QED) is 0.147. The van der Waals surface area contributed by atoms with Crippen molar-refractivity contribution in [1.82, 2.24) is 15.0 Å². The van der Waals surface area contributed by atoms with Crippen LogP contribution in [0.2, 0.25) is 0 Å². The Labute approximate surface area is 214 Å². The van der Waals surface area contributed by atoms with Gasteiger partial charge in [-0.1, -0.05) is 12.1 Å². The number of hydrogen-bond donors (Lipinski definition) is 2. The fraction of sp³-hybridized carbons (Fsp3) is 0.0833. The van der Waals surface area contributed by atoms with Crippen LogP contribution >= 0.6 is 0 Å². The highest BCUT2D eigenvalue weighted by Crippen LogP contribution is 2.32. The molecule has 15 heteroatoms. The summed E-state index contributed by atoms with van der Waals surface area (Å²) in [6.07, 6.45) is -8.31. The fourth-order valence-corrected chi connectivity index (χ4v) is 3.13. The number of ether oxygens (including phenoxy) is 1. The zero-order chi connectivity index (χ0) is 28.2. The third kappa shape index (κ3) is 7.37. The molecule has 0 fully saturated rings. The second-order valence-corrected chi connectivity index (χ2v) is 7.59. The van der Waals surface area contributed by atoms with E-state index < -0.39 is 46.9 Å². The highest BCUT2D eigenvalue weighted by molar-refractivity contribution is 5.80. The molecule has 0 aliphatic rings. The zero-order valence-corrected chi connectivity index (χ0v) is 19.1. The lowest BCUT2D eigenvalue weighted by Gasteiger charge is -2.12. The molecule has 2 N–H and O–H groups in total. The third-order valence-corrected chi connectivity index (χ3v) is 4.76. The molecule has 202 valence electrons. The largest absolute Gasteiger partial charge is 0.573 e. The molecule has 0 radical (unpaired) electrons. The number of alkyl halides is 6. The Morgan fingerprint density at radius 2 is 1.41 bits per heavy atom. The molecule has 0 amide bonds. The molecule has 1 heterocycles. The van der Waals surface area contributed by atoms with E-state index in [-0.39, 0.29) is 17.6 Å². The van der Waals surface area contributed by atoms with Gasteiger partial charge in [-0.05, 0) is 60.2 Å². The van der Waals surface area contributed by atoms with Crippen LogP contribution in [0.3, 0.4) is 0 Å². The standard InChI is InChI=1S/C24H14F8N6O/c25-17-5-2-6-18(26)19(17)20-35-21(34-15-4-1-3-14(11-15)23(27,28)29)37-22(36-20)38-33-12-13-7-9-16(10-8-13)39-24(30,31)32/h1-12H,(H2,34,35,36,37,38)/b33-12+. The van der Waals surface area contributed by atoms with E-state index in [0.29, 0.717) is 5.56 Å². The average Bonchev–Trinajstić information content (AvgIpc) is 2.84. The molecule has 0 atom stereocenters. The van der Waals surface area contributed by atoms with Gasteiger partial charge in [-0.2, -0.15) is 33.2 Å². The Kier molecular flexibility index (Phi) is 7.60. The summed E-state index contributed by atoms with van der Waals surface area (Å²) in [4.78, 5) is 11.8. The highest BCUT2D eigenvalue weighted by Gasteiger charge is 2.31. The van der Waals surface area contributed by atoms with E-state index in [1.54, 1.807) is 0 Å². The number of anilines is 3. The van der Waals surface area contributed by atoms with Crippen molar-refractivity contribution in [3.05, 3.63) is 89.5 Å². The van der Waals surface area contributed by atoms with E-state index >= 15 is 0 Å². The van der Waals surface area contributed by atoms with Gasteiger partial charge in [0, 0.05) is 5.69 Å². The predicted molar refractivity (Wildman–Crippen MR) is 124 cm³/mol. The van der Waals surface area contributed by atoms with Crippen molar-refractivity contribution in [2.75, 3.05) is 10.7 Å². The molecule has 1 aromatic heterocycles. The molecule has 0 aliphatic heterocycles. The van der Waals surface area contributed by atoms with Crippen LogP contribution < -0.4 is 15.5 Å². The summed E-state index contributed by atoms with van der Waals surface area (Å²) < 4.78 is 109. The van der Waals surface area contributed by atoms with Crippen molar-refractivity contribution in [3.8, 4) is 17.1 Å². The maximum atomic E-state index is 14.4. The first-order valence-corrected chi connectivity index (χ1v) is 10.7. The van der Waals surface area contributed by atoms with Crippen LogP contribution in [0.1, 0.15) is 11.1 Å². The number of nitrogens with zero attached hydrogens (tertiary/aromatic N) is 4. The van der Waals surface area contributed by atoms with Gasteiger partial charge >= 0.3 is 12.5 Å². The molecular formula is C24H14F8N6O. The van der Waals surface area contributed by atoms with Crippen LogP contribution in [0.4, 0.5) is 52.7 Å². The highest BCUT2D eigenvalue weighted by atomic mass is 19.4. The number of hydrogen-bond acceptors (Lipinski definition) is 7. The number of benzene rings is 3. The summed E-state index contributed by atoms with van der Waals surface area (Å²) in [7, 11) is 0. The molecule has 4 aromatic rings. The minimum absolute atomic E-state index is 0.0772. The molecule has 0 saturated carbocycles. The third-order valence-electron chi connectivity index (χ3n) is 4.76. The van der Waals surface area contributed by atoms with Crippen molar-refractivity contribution in [1.29, 1.82) is 0 Å². The summed E-state index contributed by atoms with van der Waals surface area (Å²) >= 11 is 0. The van der Waals surface area contributed by atoms with Crippen molar-refractivity contribution in [2.24, 2.45) is 5.10 Å². The Bertz CT molecular complexity index is 1470. The smallest absolute Gasteiger partial charge is 0.406 e. The summed E-state index contributed by atoms with van der Waals surface area (Å²) in [5.41, 5.74) is 1.05. The number of hydrazone groups is 1. The van der Waals surface area contributed by atoms with Gasteiger partial charge in [0.2, 0.25) is 11.9 Å². The lowest BCUT2D eigenvalue weighted by molar-refractivity contribution is -0.274. The number of nitrogens with one attached hydrogen (secondary N) is 2. The van der Waals surface area contributed by atoms with Gasteiger partial charge < -0.3 is 10.1 Å². The van der Waals surface area contributed by atoms with Crippen molar-refractivity contribution in [3.63, 3.8) is 0 Å². The summed E-state index contributed by atoms with van der Waals surface area (Å²) in [5.74, 6) is -3.70. The van der Waals surface area contributed by atoms with Crippen LogP contribution in [-0.4, -0.2) is 27.5 Å². The van der Waals surface area contributed by atoms with E-state index in [9.17, 15) is 35.1 Å². The van der Waals surface area contributed by atoms with Crippen LogP contribution in [-0.2, 0) is 6.18 Å². The molecule has 0 bridgehead atoms. The maximum Gasteiger partial charge on any atom is 0.573 e. The zero-order valence-electron chi connectivity index (χ0n) is 19.1. The van der Waals surface area contributed by atoms with Gasteiger partial charge in [0.05, 0.1) is 17.3 Å². The topological polar surface area (TPSA) is 84.3 Å². The summed E-state index contributed by atoms with van der Waals surface area (Å²) in [5, 5.41) is 6.37. The van der Waals surface area contributed by atoms with Crippen LogP contribution in [0.15, 0.2) is 71.8 Å². The van der Waals surface area contributed by atoms with E-state index in [2.05, 4.69) is 35.5 Å². The summed E-state index contributed by atoms with van der Waals surface area (Å²) in [6, 6.07) is 11.7. The molecule has 3 aromatic carbocycles. The second-order valence-electron chi connectivity index (χ2n) is 7.59. The van der Waals surface area contributed by atoms with E-state index in [1.807, 2.05) is 0 Å².